The maximum Gasteiger partial charge on any atom is 0.251 e. The summed E-state index contributed by atoms with van der Waals surface area (Å²) in [7, 11) is 0. The molecule has 2 aromatic rings. The number of unbranched alkanes of at least 4 members (excludes halogenated alkanes) is 1. The number of amides is 1. The zero-order valence-electron chi connectivity index (χ0n) is 23.8. The first-order chi connectivity index (χ1) is 19.8. The van der Waals surface area contributed by atoms with Crippen molar-refractivity contribution >= 4 is 34.9 Å². The lowest BCUT2D eigenvalue weighted by Gasteiger charge is -2.43. The molecule has 2 saturated carbocycles. The van der Waals surface area contributed by atoms with E-state index in [0.717, 1.165) is 32.2 Å². The summed E-state index contributed by atoms with van der Waals surface area (Å²) in [5.41, 5.74) is 2.38. The number of carbonyl (C=O) groups excluding carboxylic acids is 2. The van der Waals surface area contributed by atoms with Gasteiger partial charge in [0, 0.05) is 23.7 Å². The van der Waals surface area contributed by atoms with E-state index in [4.69, 9.17) is 32.7 Å². The van der Waals surface area contributed by atoms with Crippen LogP contribution in [0, 0.1) is 11.8 Å². The maximum atomic E-state index is 13.4. The molecule has 2 heterocycles. The molecular formula is C33H38Cl2N2O4. The van der Waals surface area contributed by atoms with Crippen molar-refractivity contribution < 1.29 is 19.1 Å². The van der Waals surface area contributed by atoms with E-state index in [1.165, 1.54) is 31.3 Å². The Morgan fingerprint density at radius 2 is 1.71 bits per heavy atom. The van der Waals surface area contributed by atoms with Crippen molar-refractivity contribution in [3.8, 4) is 11.5 Å². The second-order valence-electron chi connectivity index (χ2n) is 12.2. The molecule has 1 saturated heterocycles. The van der Waals surface area contributed by atoms with Crippen molar-refractivity contribution in [1.82, 2.24) is 10.2 Å². The van der Waals surface area contributed by atoms with Gasteiger partial charge in [0.2, 0.25) is 5.78 Å². The van der Waals surface area contributed by atoms with Crippen molar-refractivity contribution in [3.05, 3.63) is 68.9 Å². The number of hydrogen-bond acceptors (Lipinski definition) is 5. The topological polar surface area (TPSA) is 67.9 Å². The molecule has 3 fully saturated rings. The number of allylic oxidation sites excluding steroid dienone is 2. The van der Waals surface area contributed by atoms with E-state index >= 15 is 0 Å². The second-order valence-corrected chi connectivity index (χ2v) is 13.0. The Hall–Kier alpha value is -2.54. The Kier molecular flexibility index (Phi) is 8.35. The lowest BCUT2D eigenvalue weighted by Crippen LogP contribution is -2.53. The molecule has 0 bridgehead atoms. The summed E-state index contributed by atoms with van der Waals surface area (Å²) in [5, 5.41) is 4.01. The Morgan fingerprint density at radius 1 is 1.00 bits per heavy atom. The molecule has 0 radical (unpaired) electrons. The zero-order chi connectivity index (χ0) is 28.7. The van der Waals surface area contributed by atoms with Crippen LogP contribution in [0.5, 0.6) is 11.5 Å². The molecule has 6 nitrogen and oxygen atoms in total. The summed E-state index contributed by atoms with van der Waals surface area (Å²) in [6.07, 6.45) is 8.37. The van der Waals surface area contributed by atoms with Gasteiger partial charge in [-0.1, -0.05) is 29.3 Å². The zero-order valence-corrected chi connectivity index (χ0v) is 25.3. The maximum absolute atomic E-state index is 13.4. The van der Waals surface area contributed by atoms with Crippen molar-refractivity contribution in [2.75, 3.05) is 13.2 Å². The molecule has 2 aliphatic heterocycles. The summed E-state index contributed by atoms with van der Waals surface area (Å²) >= 11 is 12.1. The number of benzene rings is 2. The minimum atomic E-state index is -0.117. The van der Waals surface area contributed by atoms with Crippen LogP contribution in [0.2, 0.25) is 10.0 Å². The van der Waals surface area contributed by atoms with Gasteiger partial charge < -0.3 is 14.8 Å². The summed E-state index contributed by atoms with van der Waals surface area (Å²) in [5.74, 6) is 2.81. The first-order valence-corrected chi connectivity index (χ1v) is 15.8. The van der Waals surface area contributed by atoms with Crippen LogP contribution in [0.15, 0.2) is 47.7 Å². The number of nitrogens with zero attached hydrogens (tertiary/aromatic N) is 1. The molecule has 6 rings (SSSR count). The summed E-state index contributed by atoms with van der Waals surface area (Å²) in [6.45, 7) is 5.98. The Balaban J connectivity index is 0.976. The molecule has 8 heteroatoms. The highest BCUT2D eigenvalue weighted by Gasteiger charge is 2.44. The van der Waals surface area contributed by atoms with Gasteiger partial charge in [0.1, 0.15) is 17.1 Å². The van der Waals surface area contributed by atoms with E-state index in [9.17, 15) is 9.59 Å². The molecule has 1 amide bonds. The van der Waals surface area contributed by atoms with Gasteiger partial charge in [0.15, 0.2) is 5.76 Å². The standard InChI is InChI=1S/C33H38Cl2N2O4/c1-19-16-24(36-33(39)23-12-13-25(34)26(35)18-23)17-20(2)37(19)14-3-4-15-40-27-6-5-7-28-30(27)31(38)32(41-28)29(21-8-9-21)22-10-11-22/h5-7,12-13,18-22,24H,3-4,8-11,14-17H2,1-2H3,(H,36,39). The van der Waals surface area contributed by atoms with E-state index in [1.807, 2.05) is 18.2 Å². The number of rotatable bonds is 10. The summed E-state index contributed by atoms with van der Waals surface area (Å²) in [6, 6.07) is 11.5. The van der Waals surface area contributed by atoms with Crippen LogP contribution in [0.3, 0.4) is 0 Å². The van der Waals surface area contributed by atoms with Gasteiger partial charge in [-0.2, -0.15) is 0 Å². The SMILES string of the molecule is CC1CC(NC(=O)c2ccc(Cl)c(Cl)c2)CC(C)N1CCCCOc1cccc2c1C(=O)C(=C(C1CC1)C1CC1)O2. The molecular weight excluding hydrogens is 559 g/mol. The smallest absolute Gasteiger partial charge is 0.251 e. The third-order valence-electron chi connectivity index (χ3n) is 8.90. The van der Waals surface area contributed by atoms with Crippen molar-refractivity contribution in [3.63, 3.8) is 0 Å². The molecule has 2 aliphatic carbocycles. The van der Waals surface area contributed by atoms with Crippen LogP contribution in [0.25, 0.3) is 0 Å². The predicted molar refractivity (Wildman–Crippen MR) is 161 cm³/mol. The number of halogens is 2. The lowest BCUT2D eigenvalue weighted by atomic mass is 9.92. The number of piperidine rings is 1. The molecule has 2 atom stereocenters. The van der Waals surface area contributed by atoms with Gasteiger partial charge >= 0.3 is 0 Å². The lowest BCUT2D eigenvalue weighted by molar-refractivity contribution is 0.0702. The van der Waals surface area contributed by atoms with E-state index in [-0.39, 0.29) is 17.7 Å². The highest BCUT2D eigenvalue weighted by Crippen LogP contribution is 2.52. The van der Waals surface area contributed by atoms with Crippen LogP contribution in [-0.4, -0.2) is 47.9 Å². The molecule has 2 aromatic carbocycles. The van der Waals surface area contributed by atoms with Crippen LogP contribution >= 0.6 is 23.2 Å². The number of ketones is 1. The highest BCUT2D eigenvalue weighted by atomic mass is 35.5. The molecule has 41 heavy (non-hydrogen) atoms. The van der Waals surface area contributed by atoms with Gasteiger partial charge in [0.05, 0.1) is 16.7 Å². The minimum absolute atomic E-state index is 0.00108. The Morgan fingerprint density at radius 3 is 2.37 bits per heavy atom. The normalized spacial score (nSPS) is 24.1. The van der Waals surface area contributed by atoms with Crippen LogP contribution in [-0.2, 0) is 0 Å². The fraction of sp³-hybridized carbons (Fsp3) is 0.515. The minimum Gasteiger partial charge on any atom is -0.493 e. The monoisotopic (exact) mass is 596 g/mol. The van der Waals surface area contributed by atoms with E-state index < -0.39 is 0 Å². The van der Waals surface area contributed by atoms with E-state index in [0.29, 0.717) is 69.0 Å². The van der Waals surface area contributed by atoms with Gasteiger partial charge in [-0.25, -0.2) is 0 Å². The third kappa shape index (κ3) is 6.30. The van der Waals surface area contributed by atoms with Crippen LogP contribution in [0.1, 0.15) is 85.9 Å². The fourth-order valence-corrected chi connectivity index (χ4v) is 6.86. The molecule has 1 N–H and O–H groups in total. The largest absolute Gasteiger partial charge is 0.493 e. The van der Waals surface area contributed by atoms with E-state index in [2.05, 4.69) is 24.1 Å². The van der Waals surface area contributed by atoms with Crippen molar-refractivity contribution in [1.29, 1.82) is 0 Å². The Bertz CT molecular complexity index is 1340. The highest BCUT2D eigenvalue weighted by molar-refractivity contribution is 6.42. The van der Waals surface area contributed by atoms with Crippen LogP contribution in [0.4, 0.5) is 0 Å². The predicted octanol–water partition coefficient (Wildman–Crippen LogP) is 7.47. The van der Waals surface area contributed by atoms with Gasteiger partial charge in [-0.15, -0.1) is 0 Å². The van der Waals surface area contributed by atoms with Gasteiger partial charge in [-0.3, -0.25) is 14.5 Å². The number of carbonyl (C=O) groups is 2. The second kappa shape index (κ2) is 12.0. The number of Topliss-reactive ketones (excluding diaryl/α,β-unsaturated/α-hetero) is 1. The average Bonchev–Trinajstić information content (AvgIpc) is 3.87. The number of likely N-dealkylation sites (tertiary alicyclic amines) is 1. The molecule has 4 aliphatic rings. The summed E-state index contributed by atoms with van der Waals surface area (Å²) < 4.78 is 12.3. The first kappa shape index (κ1) is 28.6. The molecule has 0 aromatic heterocycles. The number of nitrogens with one attached hydrogen (secondary N) is 1. The molecule has 218 valence electrons. The first-order valence-electron chi connectivity index (χ1n) is 15.0. The third-order valence-corrected chi connectivity index (χ3v) is 9.64. The quantitative estimate of drug-likeness (QED) is 0.227. The van der Waals surface area contributed by atoms with Crippen LogP contribution < -0.4 is 14.8 Å². The van der Waals surface area contributed by atoms with Gasteiger partial charge in [0.25, 0.3) is 5.91 Å². The van der Waals surface area contributed by atoms with Crippen molar-refractivity contribution in [2.45, 2.75) is 83.3 Å². The van der Waals surface area contributed by atoms with Gasteiger partial charge in [-0.05, 0) is 119 Å². The Labute approximate surface area is 252 Å². The molecule has 2 unspecified atom stereocenters. The van der Waals surface area contributed by atoms with Crippen molar-refractivity contribution in [2.24, 2.45) is 11.8 Å². The number of fused-ring (bicyclic) bond motifs is 1. The molecule has 0 spiro atoms. The summed E-state index contributed by atoms with van der Waals surface area (Å²) in [4.78, 5) is 28.7. The number of ether oxygens (including phenoxy) is 2. The fourth-order valence-electron chi connectivity index (χ4n) is 6.56. The van der Waals surface area contributed by atoms with E-state index in [1.54, 1.807) is 18.2 Å². The number of hydrogen-bond donors (Lipinski definition) is 1. The average molecular weight is 598 g/mol.